The Bertz CT molecular complexity index is 1320. The van der Waals surface area contributed by atoms with Crippen LogP contribution in [0, 0.1) is 0 Å². The molecule has 1 aliphatic rings. The van der Waals surface area contributed by atoms with E-state index in [1.807, 2.05) is 25.3 Å². The van der Waals surface area contributed by atoms with Crippen LogP contribution in [0.5, 0.6) is 0 Å². The van der Waals surface area contributed by atoms with Crippen molar-refractivity contribution in [1.29, 1.82) is 0 Å². The number of hydrogen-bond donors (Lipinski definition) is 2. The molecule has 11 nitrogen and oxygen atoms in total. The van der Waals surface area contributed by atoms with E-state index in [0.29, 0.717) is 35.3 Å². The lowest BCUT2D eigenvalue weighted by molar-refractivity contribution is -0.143. The molecule has 33 heavy (non-hydrogen) atoms. The van der Waals surface area contributed by atoms with E-state index < -0.39 is 11.5 Å². The summed E-state index contributed by atoms with van der Waals surface area (Å²) in [5.74, 6) is 0.375. The third-order valence-corrected chi connectivity index (χ3v) is 5.58. The van der Waals surface area contributed by atoms with Gasteiger partial charge in [-0.25, -0.2) is 15.0 Å². The molecule has 1 aliphatic heterocycles. The highest BCUT2D eigenvalue weighted by molar-refractivity contribution is 5.88. The Morgan fingerprint density at radius 3 is 2.79 bits per heavy atom. The summed E-state index contributed by atoms with van der Waals surface area (Å²) < 4.78 is 7.22. The van der Waals surface area contributed by atoms with E-state index in [2.05, 4.69) is 30.5 Å². The fourth-order valence-corrected chi connectivity index (χ4v) is 3.69. The van der Waals surface area contributed by atoms with Gasteiger partial charge in [0.15, 0.2) is 11.4 Å². The molecule has 0 spiro atoms. The van der Waals surface area contributed by atoms with E-state index in [1.165, 1.54) is 4.90 Å². The molecular weight excluding hydrogens is 424 g/mol. The number of carbonyl (C=O) groups excluding carboxylic acids is 1. The number of aromatic nitrogens is 6. The number of likely N-dealkylation sites (tertiary alicyclic amines) is 1. The van der Waals surface area contributed by atoms with Gasteiger partial charge in [0.1, 0.15) is 11.4 Å². The molecule has 0 aliphatic carbocycles. The fourth-order valence-electron chi connectivity index (χ4n) is 3.69. The molecule has 11 heteroatoms. The topological polar surface area (TPSA) is 135 Å². The van der Waals surface area contributed by atoms with Gasteiger partial charge in [0.05, 0.1) is 23.3 Å². The summed E-state index contributed by atoms with van der Waals surface area (Å²) in [7, 11) is 1.65. The highest BCUT2D eigenvalue weighted by Gasteiger charge is 2.47. The molecule has 1 saturated heterocycles. The molecule has 168 valence electrons. The molecular formula is C22H22N8O3. The number of likely N-dealkylation sites (N-methyl/N-ethyl adjacent to an activating group) is 1. The van der Waals surface area contributed by atoms with E-state index in [0.717, 1.165) is 12.2 Å². The quantitative estimate of drug-likeness (QED) is 0.457. The number of nitrogens with zero attached hydrogens (tertiary/aromatic N) is 7. The number of aryl methyl sites for hydroxylation is 1. The summed E-state index contributed by atoms with van der Waals surface area (Å²) in [6, 6.07) is 8.73. The molecule has 1 atom stereocenters. The van der Waals surface area contributed by atoms with Gasteiger partial charge in [0.2, 0.25) is 5.95 Å². The number of nitrogens with one attached hydrogen (secondary N) is 1. The van der Waals surface area contributed by atoms with Crippen molar-refractivity contribution in [2.75, 3.05) is 18.9 Å². The van der Waals surface area contributed by atoms with Crippen molar-refractivity contribution in [1.82, 2.24) is 34.8 Å². The molecule has 4 aromatic rings. The van der Waals surface area contributed by atoms with Gasteiger partial charge in [-0.15, -0.1) is 0 Å². The maximum atomic E-state index is 12.3. The van der Waals surface area contributed by atoms with E-state index in [4.69, 9.17) is 4.52 Å². The van der Waals surface area contributed by atoms with Crippen LogP contribution in [0.2, 0.25) is 0 Å². The van der Waals surface area contributed by atoms with Crippen molar-refractivity contribution in [2.24, 2.45) is 0 Å². The van der Waals surface area contributed by atoms with Crippen LogP contribution in [-0.2, 0) is 16.9 Å². The molecule has 4 aromatic heterocycles. The monoisotopic (exact) mass is 446 g/mol. The SMILES string of the molecule is CCn1cc(Nc2nccc(-c3cccc(-c4cc(C5(O)CCN(C)C5=O)no4)n3)n2)cn1. The number of hydrogen-bond acceptors (Lipinski definition) is 9. The number of rotatable bonds is 6. The minimum absolute atomic E-state index is 0.181. The zero-order valence-electron chi connectivity index (χ0n) is 18.1. The molecule has 5 heterocycles. The number of anilines is 2. The Balaban J connectivity index is 1.40. The van der Waals surface area contributed by atoms with Gasteiger partial charge in [-0.05, 0) is 25.1 Å². The van der Waals surface area contributed by atoms with Crippen LogP contribution in [0.1, 0.15) is 19.0 Å². The maximum Gasteiger partial charge on any atom is 0.260 e. The van der Waals surface area contributed by atoms with Crippen molar-refractivity contribution in [3.8, 4) is 22.8 Å². The van der Waals surface area contributed by atoms with Crippen molar-refractivity contribution in [3.05, 3.63) is 54.6 Å². The third-order valence-electron chi connectivity index (χ3n) is 5.58. The van der Waals surface area contributed by atoms with Gasteiger partial charge in [-0.1, -0.05) is 11.2 Å². The van der Waals surface area contributed by atoms with Gasteiger partial charge in [-0.2, -0.15) is 5.10 Å². The summed E-state index contributed by atoms with van der Waals surface area (Å²) in [6.07, 6.45) is 5.49. The normalized spacial score (nSPS) is 18.2. The van der Waals surface area contributed by atoms with E-state index in [9.17, 15) is 9.90 Å². The predicted molar refractivity (Wildman–Crippen MR) is 118 cm³/mol. The van der Waals surface area contributed by atoms with Crippen LogP contribution in [0.25, 0.3) is 22.8 Å². The summed E-state index contributed by atoms with van der Waals surface area (Å²) in [5, 5.41) is 22.1. The van der Waals surface area contributed by atoms with Crippen LogP contribution in [0.3, 0.4) is 0 Å². The lowest BCUT2D eigenvalue weighted by atomic mass is 9.97. The van der Waals surface area contributed by atoms with Crippen LogP contribution >= 0.6 is 0 Å². The van der Waals surface area contributed by atoms with Gasteiger partial charge in [-0.3, -0.25) is 9.48 Å². The van der Waals surface area contributed by atoms with Crippen molar-refractivity contribution in [3.63, 3.8) is 0 Å². The second-order valence-corrected chi connectivity index (χ2v) is 7.80. The third kappa shape index (κ3) is 3.82. The maximum absolute atomic E-state index is 12.3. The van der Waals surface area contributed by atoms with Gasteiger partial charge < -0.3 is 19.8 Å². The Morgan fingerprint density at radius 1 is 1.21 bits per heavy atom. The molecule has 0 radical (unpaired) electrons. The molecule has 1 unspecified atom stereocenters. The van der Waals surface area contributed by atoms with Gasteiger partial charge in [0.25, 0.3) is 5.91 Å². The highest BCUT2D eigenvalue weighted by Crippen LogP contribution is 2.34. The van der Waals surface area contributed by atoms with Crippen molar-refractivity contribution in [2.45, 2.75) is 25.5 Å². The zero-order valence-corrected chi connectivity index (χ0v) is 18.1. The first kappa shape index (κ1) is 20.8. The second-order valence-electron chi connectivity index (χ2n) is 7.80. The summed E-state index contributed by atoms with van der Waals surface area (Å²) in [4.78, 5) is 27.3. The summed E-state index contributed by atoms with van der Waals surface area (Å²) in [6.45, 7) is 3.23. The van der Waals surface area contributed by atoms with Crippen LogP contribution in [-0.4, -0.2) is 59.4 Å². The number of aliphatic hydroxyl groups is 1. The molecule has 2 N–H and O–H groups in total. The standard InChI is InChI=1S/C22H22N8O3/c1-3-30-13-14(12-24-30)25-21-23-9-7-16(27-21)15-5-4-6-17(26-15)18-11-19(28-33-18)22(32)8-10-29(2)20(22)31/h4-7,9,11-13,32H,3,8,10H2,1-2H3,(H,23,25,27). The molecule has 5 rings (SSSR count). The van der Waals surface area contributed by atoms with Crippen LogP contribution < -0.4 is 5.32 Å². The minimum atomic E-state index is -1.67. The highest BCUT2D eigenvalue weighted by atomic mass is 16.5. The Kier molecular flexibility index (Phi) is 5.09. The van der Waals surface area contributed by atoms with E-state index in [1.54, 1.807) is 42.3 Å². The Morgan fingerprint density at radius 2 is 2.03 bits per heavy atom. The van der Waals surface area contributed by atoms with Crippen LogP contribution in [0.15, 0.2) is 53.4 Å². The second kappa shape index (κ2) is 8.10. The average Bonchev–Trinajstić information content (AvgIpc) is 3.57. The largest absolute Gasteiger partial charge is 0.374 e. The number of pyridine rings is 1. The van der Waals surface area contributed by atoms with Gasteiger partial charge in [0, 0.05) is 45.0 Å². The van der Waals surface area contributed by atoms with Crippen molar-refractivity contribution < 1.29 is 14.4 Å². The first-order chi connectivity index (χ1) is 16.0. The molecule has 1 amide bonds. The van der Waals surface area contributed by atoms with Crippen LogP contribution in [0.4, 0.5) is 11.6 Å². The lowest BCUT2D eigenvalue weighted by Gasteiger charge is -2.16. The molecule has 1 fully saturated rings. The van der Waals surface area contributed by atoms with E-state index in [-0.39, 0.29) is 12.1 Å². The average molecular weight is 446 g/mol. The minimum Gasteiger partial charge on any atom is -0.374 e. The Labute approximate surface area is 189 Å². The van der Waals surface area contributed by atoms with E-state index >= 15 is 0 Å². The molecule has 0 bridgehead atoms. The zero-order chi connectivity index (χ0) is 23.0. The Hall–Kier alpha value is -4.12. The predicted octanol–water partition coefficient (Wildman–Crippen LogP) is 2.20. The van der Waals surface area contributed by atoms with Gasteiger partial charge >= 0.3 is 0 Å². The fraction of sp³-hybridized carbons (Fsp3) is 0.273. The first-order valence-electron chi connectivity index (χ1n) is 10.5. The molecule has 0 aromatic carbocycles. The molecule has 0 saturated carbocycles. The number of amides is 1. The lowest BCUT2D eigenvalue weighted by Crippen LogP contribution is -2.36. The summed E-state index contributed by atoms with van der Waals surface area (Å²) in [5.41, 5.74) is 1.02. The number of carbonyl (C=O) groups is 1. The first-order valence-corrected chi connectivity index (χ1v) is 10.5. The smallest absolute Gasteiger partial charge is 0.260 e. The summed E-state index contributed by atoms with van der Waals surface area (Å²) >= 11 is 0. The van der Waals surface area contributed by atoms with Crippen molar-refractivity contribution >= 4 is 17.5 Å².